The molecule has 1 fully saturated rings. The van der Waals surface area contributed by atoms with E-state index in [9.17, 15) is 13.2 Å². The van der Waals surface area contributed by atoms with Crippen molar-refractivity contribution >= 4 is 28.2 Å². The third-order valence-electron chi connectivity index (χ3n) is 6.81. The van der Waals surface area contributed by atoms with E-state index in [0.29, 0.717) is 12.4 Å². The Morgan fingerprint density at radius 1 is 1.06 bits per heavy atom. The summed E-state index contributed by atoms with van der Waals surface area (Å²) in [6.45, 7) is 3.92. The molecule has 2 heterocycles. The molecule has 1 amide bonds. The fraction of sp³-hybridized carbons (Fsp3) is 0.480. The summed E-state index contributed by atoms with van der Waals surface area (Å²) < 4.78 is 35.9. The average molecular weight is 525 g/mol. The molecule has 0 atom stereocenters. The molecule has 192 valence electrons. The van der Waals surface area contributed by atoms with Crippen LogP contribution in [0.25, 0.3) is 0 Å². The van der Waals surface area contributed by atoms with Gasteiger partial charge in [-0.1, -0.05) is 24.3 Å². The van der Waals surface area contributed by atoms with Gasteiger partial charge in [0.05, 0.1) is 11.5 Å². The quantitative estimate of drug-likeness (QED) is 0.295. The Bertz CT molecular complexity index is 1090. The number of sulfone groups is 1. The van der Waals surface area contributed by atoms with Crippen molar-refractivity contribution in [2.24, 2.45) is 0 Å². The van der Waals surface area contributed by atoms with Crippen LogP contribution >= 0.6 is 12.4 Å². The van der Waals surface area contributed by atoms with Crippen LogP contribution in [0.3, 0.4) is 0 Å². The Hall–Kier alpha value is -2.17. The van der Waals surface area contributed by atoms with Crippen molar-refractivity contribution in [3.63, 3.8) is 0 Å². The Labute approximate surface area is 212 Å². The Balaban J connectivity index is 0.00000342. The number of ether oxygens (including phenoxy) is 2. The van der Waals surface area contributed by atoms with Gasteiger partial charge in [0.15, 0.2) is 14.6 Å². The van der Waals surface area contributed by atoms with Crippen molar-refractivity contribution in [1.82, 2.24) is 10.4 Å². The van der Waals surface area contributed by atoms with Gasteiger partial charge in [-0.2, -0.15) is 0 Å². The summed E-state index contributed by atoms with van der Waals surface area (Å²) in [6.07, 6.45) is 2.99. The maximum absolute atomic E-state index is 13.3. The van der Waals surface area contributed by atoms with E-state index in [4.69, 9.17) is 14.7 Å². The van der Waals surface area contributed by atoms with Gasteiger partial charge in [0, 0.05) is 26.3 Å². The van der Waals surface area contributed by atoms with Gasteiger partial charge >= 0.3 is 0 Å². The van der Waals surface area contributed by atoms with E-state index in [-0.39, 0.29) is 43.4 Å². The zero-order chi connectivity index (χ0) is 24.0. The minimum Gasteiger partial charge on any atom is -0.494 e. The summed E-state index contributed by atoms with van der Waals surface area (Å²) in [7, 11) is -4.03. The predicted molar refractivity (Wildman–Crippen MR) is 134 cm³/mol. The summed E-state index contributed by atoms with van der Waals surface area (Å²) in [4.78, 5) is 14.8. The summed E-state index contributed by atoms with van der Waals surface area (Å²) in [6, 6.07) is 14.7. The molecule has 2 aromatic carbocycles. The van der Waals surface area contributed by atoms with Crippen molar-refractivity contribution in [2.45, 2.75) is 48.3 Å². The van der Waals surface area contributed by atoms with Gasteiger partial charge < -0.3 is 9.47 Å². The Morgan fingerprint density at radius 3 is 2.43 bits per heavy atom. The van der Waals surface area contributed by atoms with Crippen molar-refractivity contribution in [2.75, 3.05) is 32.9 Å². The molecule has 1 saturated heterocycles. The van der Waals surface area contributed by atoms with Crippen molar-refractivity contribution in [3.05, 3.63) is 59.7 Å². The third kappa shape index (κ3) is 5.98. The van der Waals surface area contributed by atoms with Crippen molar-refractivity contribution in [3.8, 4) is 5.75 Å². The lowest BCUT2D eigenvalue weighted by atomic mass is 9.98. The van der Waals surface area contributed by atoms with E-state index in [2.05, 4.69) is 29.2 Å². The number of amides is 1. The molecular formula is C25H33ClN2O6S. The first-order chi connectivity index (χ1) is 16.5. The molecule has 0 spiro atoms. The molecule has 4 rings (SSSR count). The molecule has 2 N–H and O–H groups in total. The lowest BCUT2D eigenvalue weighted by Gasteiger charge is -2.34. The van der Waals surface area contributed by atoms with Crippen LogP contribution in [-0.2, 0) is 32.3 Å². The Morgan fingerprint density at radius 2 is 1.74 bits per heavy atom. The molecule has 2 aromatic rings. The maximum Gasteiger partial charge on any atom is 0.265 e. The number of halogens is 1. The number of carbonyl (C=O) groups is 1. The first-order valence-corrected chi connectivity index (χ1v) is 13.2. The van der Waals surface area contributed by atoms with Crippen molar-refractivity contribution < 1.29 is 27.9 Å². The summed E-state index contributed by atoms with van der Waals surface area (Å²) >= 11 is 0. The Kier molecular flexibility index (Phi) is 9.54. The van der Waals surface area contributed by atoms with E-state index < -0.39 is 20.5 Å². The summed E-state index contributed by atoms with van der Waals surface area (Å²) in [5.41, 5.74) is 4.40. The van der Waals surface area contributed by atoms with Crippen LogP contribution in [0.1, 0.15) is 36.8 Å². The summed E-state index contributed by atoms with van der Waals surface area (Å²) in [5, 5.41) is 9.15. The average Bonchev–Trinajstić information content (AvgIpc) is 2.88. The van der Waals surface area contributed by atoms with Crippen LogP contribution < -0.4 is 10.2 Å². The fourth-order valence-corrected chi connectivity index (χ4v) is 6.67. The van der Waals surface area contributed by atoms with Gasteiger partial charge in [0.2, 0.25) is 0 Å². The number of benzene rings is 2. The molecule has 2 aliphatic heterocycles. The molecular weight excluding hydrogens is 492 g/mol. The second-order valence-electron chi connectivity index (χ2n) is 8.87. The molecule has 8 nitrogen and oxygen atoms in total. The van der Waals surface area contributed by atoms with Gasteiger partial charge in [-0.05, 0) is 74.0 Å². The molecule has 35 heavy (non-hydrogen) atoms. The van der Waals surface area contributed by atoms with Crippen LogP contribution in [-0.4, -0.2) is 62.1 Å². The van der Waals surface area contributed by atoms with Crippen LogP contribution in [0.5, 0.6) is 5.75 Å². The van der Waals surface area contributed by atoms with Gasteiger partial charge in [-0.3, -0.25) is 14.9 Å². The highest BCUT2D eigenvalue weighted by atomic mass is 35.5. The molecule has 0 radical (unpaired) electrons. The molecule has 10 heteroatoms. The van der Waals surface area contributed by atoms with E-state index in [1.165, 1.54) is 28.7 Å². The molecule has 0 unspecified atom stereocenters. The molecule has 2 aliphatic rings. The zero-order valence-electron chi connectivity index (χ0n) is 19.6. The number of nitrogens with one attached hydrogen (secondary N) is 1. The molecule has 0 saturated carbocycles. The number of carbonyl (C=O) groups excluding carboxylic acids is 1. The van der Waals surface area contributed by atoms with E-state index >= 15 is 0 Å². The number of rotatable bonds is 9. The molecule has 0 bridgehead atoms. The third-order valence-corrected chi connectivity index (χ3v) is 9.33. The van der Waals surface area contributed by atoms with Gasteiger partial charge in [0.1, 0.15) is 5.75 Å². The first-order valence-electron chi connectivity index (χ1n) is 11.8. The van der Waals surface area contributed by atoms with E-state index in [1.807, 2.05) is 0 Å². The van der Waals surface area contributed by atoms with Crippen LogP contribution in [0.15, 0.2) is 53.4 Å². The smallest absolute Gasteiger partial charge is 0.265 e. The largest absolute Gasteiger partial charge is 0.494 e. The van der Waals surface area contributed by atoms with E-state index in [0.717, 1.165) is 38.9 Å². The SMILES string of the molecule is Cl.O=C(NO)C1(S(=O)(=O)c2ccc(OCCCCN3CCc4ccccc4C3)cc2)CCOCC1. The van der Waals surface area contributed by atoms with Crippen LogP contribution in [0.2, 0.25) is 0 Å². The van der Waals surface area contributed by atoms with Gasteiger partial charge in [-0.25, -0.2) is 13.9 Å². The predicted octanol–water partition coefficient (Wildman–Crippen LogP) is 3.15. The first kappa shape index (κ1) is 27.4. The normalized spacial score (nSPS) is 17.6. The zero-order valence-corrected chi connectivity index (χ0v) is 21.3. The highest BCUT2D eigenvalue weighted by molar-refractivity contribution is 7.93. The number of nitrogens with zero attached hydrogens (tertiary/aromatic N) is 1. The number of hydroxylamine groups is 1. The number of fused-ring (bicyclic) bond motifs is 1. The van der Waals surface area contributed by atoms with Crippen LogP contribution in [0.4, 0.5) is 0 Å². The number of unbranched alkanes of at least 4 members (excludes halogenated alkanes) is 1. The minimum atomic E-state index is -4.03. The lowest BCUT2D eigenvalue weighted by Crippen LogP contribution is -2.54. The monoisotopic (exact) mass is 524 g/mol. The van der Waals surface area contributed by atoms with Crippen molar-refractivity contribution in [1.29, 1.82) is 0 Å². The highest BCUT2D eigenvalue weighted by Gasteiger charge is 2.52. The van der Waals surface area contributed by atoms with Crippen LogP contribution in [0, 0.1) is 0 Å². The minimum absolute atomic E-state index is 0. The second kappa shape index (κ2) is 12.2. The summed E-state index contributed by atoms with van der Waals surface area (Å²) in [5.74, 6) is -0.341. The highest BCUT2D eigenvalue weighted by Crippen LogP contribution is 2.35. The van der Waals surface area contributed by atoms with Gasteiger partial charge in [0.25, 0.3) is 5.91 Å². The maximum atomic E-state index is 13.3. The topological polar surface area (TPSA) is 105 Å². The van der Waals surface area contributed by atoms with E-state index in [1.54, 1.807) is 12.1 Å². The standard InChI is InChI=1S/C25H32N2O6S.ClH/c28-24(26-29)25(12-17-32-18-13-25)34(30,31)23-9-7-22(8-10-23)33-16-4-3-14-27-15-11-20-5-1-2-6-21(20)19-27;/h1-2,5-10,29H,3-4,11-19H2,(H,26,28);1H. The number of hydrogen-bond donors (Lipinski definition) is 2. The lowest BCUT2D eigenvalue weighted by molar-refractivity contribution is -0.134. The molecule has 0 aromatic heterocycles. The number of hydrogen-bond acceptors (Lipinski definition) is 7. The molecule has 0 aliphatic carbocycles. The fourth-order valence-electron chi connectivity index (χ4n) is 4.73. The van der Waals surface area contributed by atoms with Gasteiger partial charge in [-0.15, -0.1) is 12.4 Å². The second-order valence-corrected chi connectivity index (χ2v) is 11.1.